The number of rotatable bonds is 5. The number of halogens is 2. The van der Waals surface area contributed by atoms with Gasteiger partial charge in [-0.05, 0) is 37.5 Å². The van der Waals surface area contributed by atoms with Crippen molar-refractivity contribution in [3.63, 3.8) is 0 Å². The summed E-state index contributed by atoms with van der Waals surface area (Å²) in [6, 6.07) is 6.81. The van der Waals surface area contributed by atoms with Gasteiger partial charge in [0.15, 0.2) is 0 Å². The molecule has 1 aliphatic rings. The summed E-state index contributed by atoms with van der Waals surface area (Å²) in [7, 11) is 0. The fourth-order valence-electron chi connectivity index (χ4n) is 2.44. The molecule has 0 aliphatic heterocycles. The molecule has 1 aromatic rings. The molecule has 2 rings (SSSR count). The Labute approximate surface area is 106 Å². The van der Waals surface area contributed by atoms with Crippen LogP contribution in [-0.2, 0) is 6.54 Å². The second-order valence-electron chi connectivity index (χ2n) is 5.14. The molecule has 1 N–H and O–H groups in total. The van der Waals surface area contributed by atoms with Crippen molar-refractivity contribution in [2.24, 2.45) is 0 Å². The first-order valence-electron chi connectivity index (χ1n) is 6.36. The van der Waals surface area contributed by atoms with Crippen molar-refractivity contribution >= 4 is 0 Å². The first-order chi connectivity index (χ1) is 8.57. The first kappa shape index (κ1) is 13.3. The summed E-state index contributed by atoms with van der Waals surface area (Å²) in [4.78, 5) is 0. The SMILES string of the molecule is CC1(NCc2ccc(OC(F)F)cc2)CCCC1. The van der Waals surface area contributed by atoms with E-state index in [1.54, 1.807) is 12.1 Å². The van der Waals surface area contributed by atoms with Crippen LogP contribution in [0.25, 0.3) is 0 Å². The summed E-state index contributed by atoms with van der Waals surface area (Å²) in [6.07, 6.45) is 4.98. The molecular formula is C14H19F2NO. The minimum atomic E-state index is -2.76. The minimum absolute atomic E-state index is 0.209. The second kappa shape index (κ2) is 5.65. The molecule has 1 fully saturated rings. The van der Waals surface area contributed by atoms with Crippen LogP contribution >= 0.6 is 0 Å². The summed E-state index contributed by atoms with van der Waals surface area (Å²) in [5, 5.41) is 3.55. The Hall–Kier alpha value is -1.16. The van der Waals surface area contributed by atoms with E-state index in [9.17, 15) is 8.78 Å². The Bertz CT molecular complexity index is 372. The molecule has 2 nitrogen and oxygen atoms in total. The van der Waals surface area contributed by atoms with E-state index < -0.39 is 6.61 Å². The van der Waals surface area contributed by atoms with E-state index >= 15 is 0 Å². The third-order valence-corrected chi connectivity index (χ3v) is 3.57. The van der Waals surface area contributed by atoms with E-state index in [2.05, 4.69) is 17.0 Å². The fraction of sp³-hybridized carbons (Fsp3) is 0.571. The van der Waals surface area contributed by atoms with Crippen LogP contribution in [0.3, 0.4) is 0 Å². The van der Waals surface area contributed by atoms with Gasteiger partial charge in [0, 0.05) is 12.1 Å². The van der Waals surface area contributed by atoms with Gasteiger partial charge in [-0.1, -0.05) is 25.0 Å². The number of benzene rings is 1. The summed E-state index contributed by atoms with van der Waals surface area (Å²) in [5.41, 5.74) is 1.32. The maximum Gasteiger partial charge on any atom is 0.387 e. The molecule has 0 heterocycles. The van der Waals surface area contributed by atoms with Crippen molar-refractivity contribution in [3.8, 4) is 5.75 Å². The van der Waals surface area contributed by atoms with Gasteiger partial charge in [-0.15, -0.1) is 0 Å². The van der Waals surface area contributed by atoms with E-state index in [0.717, 1.165) is 12.1 Å². The van der Waals surface area contributed by atoms with Gasteiger partial charge in [0.25, 0.3) is 0 Å². The van der Waals surface area contributed by atoms with E-state index in [-0.39, 0.29) is 11.3 Å². The van der Waals surface area contributed by atoms with Gasteiger partial charge in [-0.3, -0.25) is 0 Å². The smallest absolute Gasteiger partial charge is 0.387 e. The van der Waals surface area contributed by atoms with Crippen LogP contribution in [0.2, 0.25) is 0 Å². The van der Waals surface area contributed by atoms with Crippen LogP contribution < -0.4 is 10.1 Å². The Morgan fingerprint density at radius 1 is 1.22 bits per heavy atom. The van der Waals surface area contributed by atoms with Gasteiger partial charge < -0.3 is 10.1 Å². The molecule has 4 heteroatoms. The topological polar surface area (TPSA) is 21.3 Å². The lowest BCUT2D eigenvalue weighted by Crippen LogP contribution is -2.38. The van der Waals surface area contributed by atoms with E-state index in [1.807, 2.05) is 12.1 Å². The molecule has 1 aliphatic carbocycles. The first-order valence-corrected chi connectivity index (χ1v) is 6.36. The average Bonchev–Trinajstić information content (AvgIpc) is 2.75. The Morgan fingerprint density at radius 2 is 1.83 bits per heavy atom. The molecule has 1 saturated carbocycles. The monoisotopic (exact) mass is 255 g/mol. The number of alkyl halides is 2. The highest BCUT2D eigenvalue weighted by Crippen LogP contribution is 2.29. The highest BCUT2D eigenvalue weighted by Gasteiger charge is 2.27. The quantitative estimate of drug-likeness (QED) is 0.866. The Kier molecular flexibility index (Phi) is 4.17. The van der Waals surface area contributed by atoms with Crippen molar-refractivity contribution in [1.82, 2.24) is 5.32 Å². The highest BCUT2D eigenvalue weighted by molar-refractivity contribution is 5.27. The maximum absolute atomic E-state index is 12.0. The zero-order valence-electron chi connectivity index (χ0n) is 10.6. The third kappa shape index (κ3) is 3.67. The molecule has 0 atom stereocenters. The molecule has 100 valence electrons. The van der Waals surface area contributed by atoms with E-state index in [1.165, 1.54) is 25.7 Å². The average molecular weight is 255 g/mol. The normalized spacial score (nSPS) is 18.2. The van der Waals surface area contributed by atoms with Gasteiger partial charge in [0.05, 0.1) is 0 Å². The summed E-state index contributed by atoms with van der Waals surface area (Å²) in [6.45, 7) is 0.256. The minimum Gasteiger partial charge on any atom is -0.435 e. The van der Waals surface area contributed by atoms with Crippen LogP contribution in [-0.4, -0.2) is 12.2 Å². The van der Waals surface area contributed by atoms with Crippen molar-refractivity contribution in [2.75, 3.05) is 0 Å². The molecular weight excluding hydrogens is 236 g/mol. The fourth-order valence-corrected chi connectivity index (χ4v) is 2.44. The van der Waals surface area contributed by atoms with Gasteiger partial charge in [0.2, 0.25) is 0 Å². The Balaban J connectivity index is 1.86. The predicted molar refractivity (Wildman–Crippen MR) is 66.8 cm³/mol. The van der Waals surface area contributed by atoms with Gasteiger partial charge in [-0.25, -0.2) is 0 Å². The molecule has 0 radical (unpaired) electrons. The van der Waals surface area contributed by atoms with Crippen LogP contribution in [0.4, 0.5) is 8.78 Å². The largest absolute Gasteiger partial charge is 0.435 e. The number of hydrogen-bond donors (Lipinski definition) is 1. The molecule has 0 saturated heterocycles. The summed E-state index contributed by atoms with van der Waals surface area (Å²) >= 11 is 0. The summed E-state index contributed by atoms with van der Waals surface area (Å²) in [5.74, 6) is 0.209. The lowest BCUT2D eigenvalue weighted by atomic mass is 10.0. The van der Waals surface area contributed by atoms with Crippen LogP contribution in [0.5, 0.6) is 5.75 Å². The maximum atomic E-state index is 12.0. The standard InChI is InChI=1S/C14H19F2NO/c1-14(8-2-3-9-14)17-10-11-4-6-12(7-5-11)18-13(15)16/h4-7,13,17H,2-3,8-10H2,1H3. The van der Waals surface area contributed by atoms with Gasteiger partial charge >= 0.3 is 6.61 Å². The van der Waals surface area contributed by atoms with E-state index in [4.69, 9.17) is 0 Å². The van der Waals surface area contributed by atoms with Crippen molar-refractivity contribution in [3.05, 3.63) is 29.8 Å². The number of nitrogens with one attached hydrogen (secondary N) is 1. The molecule has 18 heavy (non-hydrogen) atoms. The summed E-state index contributed by atoms with van der Waals surface area (Å²) < 4.78 is 28.3. The molecule has 1 aromatic carbocycles. The van der Waals surface area contributed by atoms with E-state index in [0.29, 0.717) is 0 Å². The molecule has 0 spiro atoms. The zero-order valence-corrected chi connectivity index (χ0v) is 10.6. The van der Waals surface area contributed by atoms with Gasteiger partial charge in [-0.2, -0.15) is 8.78 Å². The van der Waals surface area contributed by atoms with Crippen molar-refractivity contribution in [2.45, 2.75) is 51.3 Å². The zero-order chi connectivity index (χ0) is 13.0. The molecule has 0 amide bonds. The van der Waals surface area contributed by atoms with Crippen molar-refractivity contribution in [1.29, 1.82) is 0 Å². The van der Waals surface area contributed by atoms with Crippen LogP contribution in [0, 0.1) is 0 Å². The molecule has 0 unspecified atom stereocenters. The highest BCUT2D eigenvalue weighted by atomic mass is 19.3. The number of hydrogen-bond acceptors (Lipinski definition) is 2. The number of ether oxygens (including phenoxy) is 1. The third-order valence-electron chi connectivity index (χ3n) is 3.57. The lowest BCUT2D eigenvalue weighted by molar-refractivity contribution is -0.0498. The van der Waals surface area contributed by atoms with Gasteiger partial charge in [0.1, 0.15) is 5.75 Å². The van der Waals surface area contributed by atoms with Crippen LogP contribution in [0.15, 0.2) is 24.3 Å². The molecule has 0 bridgehead atoms. The molecule has 0 aromatic heterocycles. The van der Waals surface area contributed by atoms with Crippen LogP contribution in [0.1, 0.15) is 38.2 Å². The predicted octanol–water partition coefficient (Wildman–Crippen LogP) is 3.71. The lowest BCUT2D eigenvalue weighted by Gasteiger charge is -2.25. The Morgan fingerprint density at radius 3 is 2.39 bits per heavy atom. The second-order valence-corrected chi connectivity index (χ2v) is 5.14. The van der Waals surface area contributed by atoms with Crippen molar-refractivity contribution < 1.29 is 13.5 Å².